The highest BCUT2D eigenvalue weighted by atomic mass is 32.1. The van der Waals surface area contributed by atoms with Crippen LogP contribution in [-0.2, 0) is 5.41 Å². The smallest absolute Gasteiger partial charge is 0.162 e. The highest BCUT2D eigenvalue weighted by Crippen LogP contribution is 2.37. The number of anilines is 1. The van der Waals surface area contributed by atoms with Gasteiger partial charge in [-0.1, -0.05) is 39.0 Å². The van der Waals surface area contributed by atoms with Gasteiger partial charge in [-0.3, -0.25) is 0 Å². The van der Waals surface area contributed by atoms with Crippen molar-refractivity contribution < 1.29 is 0 Å². The summed E-state index contributed by atoms with van der Waals surface area (Å²) in [5, 5.41) is 3.38. The fourth-order valence-corrected chi connectivity index (χ4v) is 3.43. The quantitative estimate of drug-likeness (QED) is 0.663. The number of fused-ring (bicyclic) bond motifs is 1. The number of aromatic nitrogens is 2. The normalized spacial score (nSPS) is 14.6. The van der Waals surface area contributed by atoms with Gasteiger partial charge >= 0.3 is 0 Å². The molecule has 2 heterocycles. The molecule has 0 radical (unpaired) electrons. The summed E-state index contributed by atoms with van der Waals surface area (Å²) >= 11 is 1.73. The highest BCUT2D eigenvalue weighted by Gasteiger charge is 2.20. The van der Waals surface area contributed by atoms with E-state index in [2.05, 4.69) is 32.2 Å². The van der Waals surface area contributed by atoms with Crippen LogP contribution in [0.4, 0.5) is 5.82 Å². The van der Waals surface area contributed by atoms with Gasteiger partial charge in [0.15, 0.2) is 5.82 Å². The first-order valence-corrected chi connectivity index (χ1v) is 9.61. The summed E-state index contributed by atoms with van der Waals surface area (Å²) in [5.41, 5.74) is 13.4. The molecule has 140 valence electrons. The van der Waals surface area contributed by atoms with Crippen molar-refractivity contribution in [2.75, 3.05) is 11.9 Å². The number of hydrogen-bond acceptors (Lipinski definition) is 6. The van der Waals surface area contributed by atoms with Crippen LogP contribution >= 0.6 is 11.3 Å². The molecule has 6 heteroatoms. The summed E-state index contributed by atoms with van der Waals surface area (Å²) in [6, 6.07) is 2.19. The van der Waals surface area contributed by atoms with Crippen LogP contribution in [0.2, 0.25) is 0 Å². The molecule has 0 aliphatic heterocycles. The number of allylic oxidation sites excluding steroid dienone is 5. The Hall–Kier alpha value is -2.18. The summed E-state index contributed by atoms with van der Waals surface area (Å²) in [6.45, 7) is 11.2. The van der Waals surface area contributed by atoms with E-state index in [0.29, 0.717) is 12.4 Å². The van der Waals surface area contributed by atoms with Crippen molar-refractivity contribution in [2.24, 2.45) is 11.5 Å². The zero-order valence-electron chi connectivity index (χ0n) is 16.2. The maximum absolute atomic E-state index is 5.92. The molecule has 5 N–H and O–H groups in total. The summed E-state index contributed by atoms with van der Waals surface area (Å²) in [5.74, 6) is 1.46. The summed E-state index contributed by atoms with van der Waals surface area (Å²) in [6.07, 6.45) is 9.18. The molecule has 2 rings (SSSR count). The maximum Gasteiger partial charge on any atom is 0.162 e. The van der Waals surface area contributed by atoms with Crippen LogP contribution in [0, 0.1) is 0 Å². The number of thiophene rings is 1. The lowest BCUT2D eigenvalue weighted by Crippen LogP contribution is -2.25. The SMILES string of the molecule is C/C=C/C=C(\C=C/N)c1nc(NCC(C)N)c2sc(C(C)(C)C)cc2n1. The Kier molecular flexibility index (Phi) is 6.56. The van der Waals surface area contributed by atoms with Crippen molar-refractivity contribution in [3.63, 3.8) is 0 Å². The van der Waals surface area contributed by atoms with Gasteiger partial charge in [0.05, 0.1) is 10.2 Å². The molecule has 5 nitrogen and oxygen atoms in total. The number of nitrogens with two attached hydrogens (primary N) is 2. The van der Waals surface area contributed by atoms with Gasteiger partial charge in [-0.2, -0.15) is 0 Å². The van der Waals surface area contributed by atoms with Crippen LogP contribution in [0.1, 0.15) is 45.3 Å². The second-order valence-electron chi connectivity index (χ2n) is 7.34. The topological polar surface area (TPSA) is 89.8 Å². The molecule has 0 aliphatic carbocycles. The van der Waals surface area contributed by atoms with Gasteiger partial charge in [0.1, 0.15) is 5.82 Å². The van der Waals surface area contributed by atoms with E-state index in [1.54, 1.807) is 11.3 Å². The Balaban J connectivity index is 2.64. The Bertz CT molecular complexity index is 838. The first-order valence-electron chi connectivity index (χ1n) is 8.79. The minimum atomic E-state index is 0.0347. The van der Waals surface area contributed by atoms with Crippen molar-refractivity contribution in [1.82, 2.24) is 9.97 Å². The molecule has 0 bridgehead atoms. The minimum Gasteiger partial charge on any atom is -0.405 e. The molecule has 0 spiro atoms. The Labute approximate surface area is 159 Å². The highest BCUT2D eigenvalue weighted by molar-refractivity contribution is 7.19. The lowest BCUT2D eigenvalue weighted by atomic mass is 9.95. The summed E-state index contributed by atoms with van der Waals surface area (Å²) < 4.78 is 1.06. The van der Waals surface area contributed by atoms with E-state index in [-0.39, 0.29) is 11.5 Å². The largest absolute Gasteiger partial charge is 0.405 e. The number of nitrogens with one attached hydrogen (secondary N) is 1. The monoisotopic (exact) mass is 371 g/mol. The zero-order valence-corrected chi connectivity index (χ0v) is 17.0. The Morgan fingerprint density at radius 3 is 2.65 bits per heavy atom. The molecule has 2 aromatic heterocycles. The second kappa shape index (κ2) is 8.47. The third-order valence-corrected chi connectivity index (χ3v) is 5.26. The van der Waals surface area contributed by atoms with Crippen LogP contribution in [0.15, 0.2) is 36.6 Å². The van der Waals surface area contributed by atoms with Gasteiger partial charge in [-0.15, -0.1) is 11.3 Å². The molecule has 1 unspecified atom stereocenters. The van der Waals surface area contributed by atoms with Crippen molar-refractivity contribution >= 4 is 32.9 Å². The van der Waals surface area contributed by atoms with Gasteiger partial charge in [0, 0.05) is 23.0 Å². The van der Waals surface area contributed by atoms with Crippen molar-refractivity contribution in [3.8, 4) is 0 Å². The molecular weight excluding hydrogens is 342 g/mol. The average molecular weight is 372 g/mol. The van der Waals surface area contributed by atoms with Crippen molar-refractivity contribution in [1.29, 1.82) is 0 Å². The van der Waals surface area contributed by atoms with Gasteiger partial charge < -0.3 is 16.8 Å². The van der Waals surface area contributed by atoms with E-state index < -0.39 is 0 Å². The van der Waals surface area contributed by atoms with Gasteiger partial charge in [-0.25, -0.2) is 9.97 Å². The fraction of sp³-hybridized carbons (Fsp3) is 0.400. The molecule has 0 aromatic carbocycles. The van der Waals surface area contributed by atoms with E-state index in [9.17, 15) is 0 Å². The van der Waals surface area contributed by atoms with Crippen LogP contribution < -0.4 is 16.8 Å². The molecule has 0 amide bonds. The molecule has 26 heavy (non-hydrogen) atoms. The average Bonchev–Trinajstić information content (AvgIpc) is 3.00. The number of rotatable bonds is 6. The Morgan fingerprint density at radius 1 is 1.35 bits per heavy atom. The molecule has 1 atom stereocenters. The predicted octanol–water partition coefficient (Wildman–Crippen LogP) is 4.18. The van der Waals surface area contributed by atoms with E-state index >= 15 is 0 Å². The first-order chi connectivity index (χ1) is 12.3. The van der Waals surface area contributed by atoms with Gasteiger partial charge in [0.2, 0.25) is 0 Å². The van der Waals surface area contributed by atoms with Gasteiger partial charge in [-0.05, 0) is 37.6 Å². The first kappa shape index (κ1) is 20.1. The van der Waals surface area contributed by atoms with Crippen LogP contribution in [0.5, 0.6) is 0 Å². The third-order valence-electron chi connectivity index (χ3n) is 3.70. The predicted molar refractivity (Wildman–Crippen MR) is 114 cm³/mol. The standard InChI is InChI=1S/C20H29N5S/c1-6-7-8-14(9-10-21)18-24-15-11-16(20(3,4)5)26-17(15)19(25-18)23-12-13(2)22/h6-11,13H,12,21-22H2,1-5H3,(H,23,24,25)/b7-6+,10-9-,14-8+. The molecule has 0 fully saturated rings. The number of nitrogens with zero attached hydrogens (tertiary/aromatic N) is 2. The molecule has 0 saturated carbocycles. The van der Waals surface area contributed by atoms with Crippen LogP contribution in [-0.4, -0.2) is 22.6 Å². The van der Waals surface area contributed by atoms with E-state index in [0.717, 1.165) is 21.6 Å². The molecule has 0 aliphatic rings. The fourth-order valence-electron chi connectivity index (χ4n) is 2.31. The van der Waals surface area contributed by atoms with Crippen molar-refractivity contribution in [2.45, 2.75) is 46.1 Å². The van der Waals surface area contributed by atoms with E-state index in [1.807, 2.05) is 38.2 Å². The van der Waals surface area contributed by atoms with E-state index in [4.69, 9.17) is 21.4 Å². The molecular formula is C20H29N5S. The van der Waals surface area contributed by atoms with Crippen LogP contribution in [0.3, 0.4) is 0 Å². The lowest BCUT2D eigenvalue weighted by Gasteiger charge is -2.14. The maximum atomic E-state index is 5.92. The zero-order chi connectivity index (χ0) is 19.3. The lowest BCUT2D eigenvalue weighted by molar-refractivity contribution is 0.604. The third kappa shape index (κ3) is 4.93. The van der Waals surface area contributed by atoms with Gasteiger partial charge in [0.25, 0.3) is 0 Å². The molecule has 0 saturated heterocycles. The number of hydrogen-bond donors (Lipinski definition) is 3. The van der Waals surface area contributed by atoms with Crippen LogP contribution in [0.25, 0.3) is 15.8 Å². The minimum absolute atomic E-state index is 0.0347. The Morgan fingerprint density at radius 2 is 2.08 bits per heavy atom. The second-order valence-corrected chi connectivity index (χ2v) is 8.39. The summed E-state index contributed by atoms with van der Waals surface area (Å²) in [4.78, 5) is 10.8. The van der Waals surface area contributed by atoms with Crippen molar-refractivity contribution in [3.05, 3.63) is 47.3 Å². The molecule has 2 aromatic rings. The summed E-state index contributed by atoms with van der Waals surface area (Å²) in [7, 11) is 0. The van der Waals surface area contributed by atoms with E-state index in [1.165, 1.54) is 11.1 Å².